The second-order valence-electron chi connectivity index (χ2n) is 6.42. The van der Waals surface area contributed by atoms with E-state index in [2.05, 4.69) is 53.0 Å². The van der Waals surface area contributed by atoms with Gasteiger partial charge in [0.25, 0.3) is 0 Å². The lowest BCUT2D eigenvalue weighted by atomic mass is 10.1. The number of hydrogen-bond acceptors (Lipinski definition) is 3. The molecule has 0 aromatic carbocycles. The monoisotopic (exact) mass is 301 g/mol. The van der Waals surface area contributed by atoms with Gasteiger partial charge in [-0.05, 0) is 46.2 Å². The zero-order valence-electron chi connectivity index (χ0n) is 14.2. The zero-order valence-corrected chi connectivity index (χ0v) is 14.2. The van der Waals surface area contributed by atoms with E-state index in [1.165, 1.54) is 38.0 Å². The fraction of sp³-hybridized carbons (Fsp3) is 0.647. The van der Waals surface area contributed by atoms with Gasteiger partial charge in [-0.1, -0.05) is 6.92 Å². The summed E-state index contributed by atoms with van der Waals surface area (Å²) in [6, 6.07) is 0.509. The van der Waals surface area contributed by atoms with Crippen molar-refractivity contribution in [3.05, 3.63) is 23.8 Å². The summed E-state index contributed by atoms with van der Waals surface area (Å²) >= 11 is 0. The summed E-state index contributed by atoms with van der Waals surface area (Å²) in [4.78, 5) is 11.9. The number of likely N-dealkylation sites (tertiary alicyclic amines) is 1. The van der Waals surface area contributed by atoms with Crippen LogP contribution < -0.4 is 0 Å². The minimum atomic E-state index is 0.509. The Kier molecular flexibility index (Phi) is 4.34. The minimum Gasteiger partial charge on any atom is -0.329 e. The maximum Gasteiger partial charge on any atom is 0.176 e. The molecule has 22 heavy (non-hydrogen) atoms. The van der Waals surface area contributed by atoms with Gasteiger partial charge in [0, 0.05) is 37.7 Å². The molecule has 5 heteroatoms. The summed E-state index contributed by atoms with van der Waals surface area (Å²) in [5, 5.41) is 0. The molecule has 0 saturated carbocycles. The molecule has 0 bridgehead atoms. The molecule has 0 aliphatic carbocycles. The summed E-state index contributed by atoms with van der Waals surface area (Å²) in [6.07, 6.45) is 7.75. The molecular weight excluding hydrogens is 274 g/mol. The van der Waals surface area contributed by atoms with Crippen molar-refractivity contribution >= 4 is 0 Å². The van der Waals surface area contributed by atoms with Crippen molar-refractivity contribution < 1.29 is 0 Å². The van der Waals surface area contributed by atoms with E-state index in [-0.39, 0.29) is 0 Å². The summed E-state index contributed by atoms with van der Waals surface area (Å²) in [5.74, 6) is 1.98. The van der Waals surface area contributed by atoms with Crippen LogP contribution in [0, 0.1) is 13.8 Å². The van der Waals surface area contributed by atoms with Gasteiger partial charge in [-0.25, -0.2) is 9.97 Å². The Morgan fingerprint density at radius 2 is 2.09 bits per heavy atom. The molecule has 2 aromatic rings. The van der Waals surface area contributed by atoms with E-state index in [4.69, 9.17) is 4.98 Å². The first-order chi connectivity index (χ1) is 10.6. The molecule has 1 aliphatic rings. The lowest BCUT2D eigenvalue weighted by molar-refractivity contribution is 0.178. The van der Waals surface area contributed by atoms with Gasteiger partial charge < -0.3 is 14.0 Å². The number of rotatable bonds is 4. The highest BCUT2D eigenvalue weighted by molar-refractivity contribution is 5.47. The average molecular weight is 301 g/mol. The third-order valence-corrected chi connectivity index (χ3v) is 4.90. The molecule has 0 amide bonds. The summed E-state index contributed by atoms with van der Waals surface area (Å²) in [7, 11) is 2.08. The number of imidazole rings is 2. The van der Waals surface area contributed by atoms with Crippen molar-refractivity contribution in [2.75, 3.05) is 19.6 Å². The molecule has 1 atom stereocenters. The van der Waals surface area contributed by atoms with Gasteiger partial charge in [0.05, 0.1) is 5.69 Å². The molecule has 120 valence electrons. The van der Waals surface area contributed by atoms with E-state index in [0.717, 1.165) is 23.9 Å². The summed E-state index contributed by atoms with van der Waals surface area (Å²) < 4.78 is 4.49. The van der Waals surface area contributed by atoms with Crippen LogP contribution >= 0.6 is 0 Å². The fourth-order valence-corrected chi connectivity index (χ4v) is 3.47. The van der Waals surface area contributed by atoms with Crippen molar-refractivity contribution in [1.82, 2.24) is 24.0 Å². The van der Waals surface area contributed by atoms with Crippen molar-refractivity contribution in [3.63, 3.8) is 0 Å². The van der Waals surface area contributed by atoms with Gasteiger partial charge in [0.1, 0.15) is 0 Å². The Balaban J connectivity index is 1.90. The predicted octanol–water partition coefficient (Wildman–Crippen LogP) is 2.95. The van der Waals surface area contributed by atoms with Crippen LogP contribution in [0.25, 0.3) is 11.6 Å². The topological polar surface area (TPSA) is 38.9 Å². The van der Waals surface area contributed by atoms with Crippen LogP contribution in [0.5, 0.6) is 0 Å². The van der Waals surface area contributed by atoms with Crippen LogP contribution in [0.2, 0.25) is 0 Å². The van der Waals surface area contributed by atoms with Gasteiger partial charge in [0.2, 0.25) is 0 Å². The normalized spacial score (nSPS) is 19.7. The molecule has 1 fully saturated rings. The molecule has 1 unspecified atom stereocenters. The highest BCUT2D eigenvalue weighted by Crippen LogP contribution is 2.27. The van der Waals surface area contributed by atoms with Crippen LogP contribution in [0.4, 0.5) is 0 Å². The fourth-order valence-electron chi connectivity index (χ4n) is 3.47. The Hall–Kier alpha value is -1.62. The molecule has 0 radical (unpaired) electrons. The third kappa shape index (κ3) is 2.70. The van der Waals surface area contributed by atoms with Crippen LogP contribution in [0.3, 0.4) is 0 Å². The molecule has 1 aliphatic heterocycles. The first-order valence-corrected chi connectivity index (χ1v) is 8.37. The molecule has 5 nitrogen and oxygen atoms in total. The largest absolute Gasteiger partial charge is 0.329 e. The molecular formula is C17H27N5. The standard InChI is InChI=1S/C17H27N5/c1-5-9-21-10-6-7-15(12-21)22-11-8-18-16(22)17-19-13(2)14(3)20(17)4/h8,11,15H,5-7,9-10,12H2,1-4H3. The van der Waals surface area contributed by atoms with Crippen molar-refractivity contribution in [3.8, 4) is 11.6 Å². The van der Waals surface area contributed by atoms with Gasteiger partial charge >= 0.3 is 0 Å². The number of nitrogens with zero attached hydrogens (tertiary/aromatic N) is 5. The number of piperidine rings is 1. The second kappa shape index (κ2) is 6.24. The number of aryl methyl sites for hydroxylation is 1. The summed E-state index contributed by atoms with van der Waals surface area (Å²) in [5.41, 5.74) is 2.30. The van der Waals surface area contributed by atoms with E-state index in [1.54, 1.807) is 0 Å². The van der Waals surface area contributed by atoms with E-state index < -0.39 is 0 Å². The predicted molar refractivity (Wildman–Crippen MR) is 88.9 cm³/mol. The molecule has 2 aromatic heterocycles. The van der Waals surface area contributed by atoms with Gasteiger partial charge in [-0.3, -0.25) is 0 Å². The maximum absolute atomic E-state index is 4.73. The quantitative estimate of drug-likeness (QED) is 0.871. The highest BCUT2D eigenvalue weighted by atomic mass is 15.2. The molecule has 3 heterocycles. The van der Waals surface area contributed by atoms with E-state index in [9.17, 15) is 0 Å². The molecule has 0 spiro atoms. The second-order valence-corrected chi connectivity index (χ2v) is 6.42. The first-order valence-electron chi connectivity index (χ1n) is 8.37. The van der Waals surface area contributed by atoms with Gasteiger partial charge in [0.15, 0.2) is 11.6 Å². The Bertz CT molecular complexity index is 638. The Morgan fingerprint density at radius 3 is 2.77 bits per heavy atom. The average Bonchev–Trinajstić information content (AvgIpc) is 3.09. The van der Waals surface area contributed by atoms with Crippen LogP contribution in [0.15, 0.2) is 12.4 Å². The van der Waals surface area contributed by atoms with Crippen LogP contribution in [-0.2, 0) is 7.05 Å². The number of aromatic nitrogens is 4. The van der Waals surface area contributed by atoms with E-state index in [0.29, 0.717) is 6.04 Å². The van der Waals surface area contributed by atoms with E-state index >= 15 is 0 Å². The SMILES string of the molecule is CCCN1CCCC(n2ccnc2-c2nc(C)c(C)n2C)C1. The van der Waals surface area contributed by atoms with Crippen LogP contribution in [0.1, 0.15) is 43.6 Å². The lowest BCUT2D eigenvalue weighted by Crippen LogP contribution is -2.37. The Morgan fingerprint density at radius 1 is 1.27 bits per heavy atom. The molecule has 3 rings (SSSR count). The van der Waals surface area contributed by atoms with Crippen LogP contribution in [-0.4, -0.2) is 43.6 Å². The Labute approximate surface area is 133 Å². The third-order valence-electron chi connectivity index (χ3n) is 4.90. The molecule has 0 N–H and O–H groups in total. The number of hydrogen-bond donors (Lipinski definition) is 0. The molecule has 1 saturated heterocycles. The minimum absolute atomic E-state index is 0.509. The smallest absolute Gasteiger partial charge is 0.176 e. The summed E-state index contributed by atoms with van der Waals surface area (Å²) in [6.45, 7) is 9.99. The maximum atomic E-state index is 4.73. The van der Waals surface area contributed by atoms with Gasteiger partial charge in [-0.15, -0.1) is 0 Å². The zero-order chi connectivity index (χ0) is 15.7. The van der Waals surface area contributed by atoms with E-state index in [1.807, 2.05) is 6.20 Å². The lowest BCUT2D eigenvalue weighted by Gasteiger charge is -2.33. The van der Waals surface area contributed by atoms with Gasteiger partial charge in [-0.2, -0.15) is 0 Å². The van der Waals surface area contributed by atoms with Crippen molar-refractivity contribution in [1.29, 1.82) is 0 Å². The van der Waals surface area contributed by atoms with Crippen molar-refractivity contribution in [2.24, 2.45) is 7.05 Å². The first kappa shape index (κ1) is 15.3. The van der Waals surface area contributed by atoms with Crippen molar-refractivity contribution in [2.45, 2.75) is 46.1 Å². The highest BCUT2D eigenvalue weighted by Gasteiger charge is 2.24.